The van der Waals surface area contributed by atoms with Gasteiger partial charge in [0.15, 0.2) is 0 Å². The van der Waals surface area contributed by atoms with Crippen LogP contribution in [0.25, 0.3) is 32.0 Å². The van der Waals surface area contributed by atoms with Gasteiger partial charge in [0, 0.05) is 5.56 Å². The van der Waals surface area contributed by atoms with Crippen molar-refractivity contribution in [1.82, 2.24) is 0 Å². The van der Waals surface area contributed by atoms with Gasteiger partial charge in [-0.1, -0.05) is 60.1 Å². The van der Waals surface area contributed by atoms with Crippen LogP contribution >= 0.6 is 22.9 Å². The van der Waals surface area contributed by atoms with Crippen LogP contribution in [0, 0.1) is 0 Å². The molecule has 0 spiro atoms. The number of thiophene rings is 1. The summed E-state index contributed by atoms with van der Waals surface area (Å²) in [7, 11) is 0. The lowest BCUT2D eigenvalue weighted by molar-refractivity contribution is 1.75. The maximum atomic E-state index is 6.39. The van der Waals surface area contributed by atoms with Gasteiger partial charge in [-0.25, -0.2) is 0 Å². The molecule has 3 aromatic carbocycles. The molecule has 0 amide bonds. The molecule has 1 aromatic heterocycles. The van der Waals surface area contributed by atoms with E-state index in [2.05, 4.69) is 54.6 Å². The molecular formula is C18H11ClS. The predicted octanol–water partition coefficient (Wildman–Crippen LogP) is 6.37. The van der Waals surface area contributed by atoms with E-state index >= 15 is 0 Å². The highest BCUT2D eigenvalue weighted by Gasteiger charge is 2.13. The van der Waals surface area contributed by atoms with Crippen molar-refractivity contribution in [3.05, 3.63) is 71.1 Å². The van der Waals surface area contributed by atoms with Gasteiger partial charge in [0.2, 0.25) is 0 Å². The normalized spacial score (nSPS) is 11.2. The Hall–Kier alpha value is -1.83. The highest BCUT2D eigenvalue weighted by molar-refractivity contribution is 7.14. The van der Waals surface area contributed by atoms with Crippen molar-refractivity contribution >= 4 is 44.5 Å². The molecule has 0 aliphatic rings. The molecule has 1 heterocycles. The molecule has 0 saturated carbocycles. The summed E-state index contributed by atoms with van der Waals surface area (Å²) in [5, 5.41) is 7.91. The molecule has 0 bridgehead atoms. The Bertz CT molecular complexity index is 867. The lowest BCUT2D eigenvalue weighted by Gasteiger charge is -2.10. The number of benzene rings is 3. The van der Waals surface area contributed by atoms with Crippen molar-refractivity contribution in [1.29, 1.82) is 0 Å². The molecule has 0 aliphatic carbocycles. The molecule has 0 nitrogen and oxygen atoms in total. The first-order valence-electron chi connectivity index (χ1n) is 6.48. The summed E-state index contributed by atoms with van der Waals surface area (Å²) in [4.78, 5) is 1.15. The maximum Gasteiger partial charge on any atom is 0.0592 e. The van der Waals surface area contributed by atoms with Crippen molar-refractivity contribution < 1.29 is 0 Å². The van der Waals surface area contributed by atoms with Crippen molar-refractivity contribution in [3.63, 3.8) is 0 Å². The second kappa shape index (κ2) is 4.62. The minimum atomic E-state index is 0.830. The van der Waals surface area contributed by atoms with E-state index < -0.39 is 0 Å². The Labute approximate surface area is 126 Å². The molecule has 2 heteroatoms. The van der Waals surface area contributed by atoms with Gasteiger partial charge >= 0.3 is 0 Å². The molecule has 0 unspecified atom stereocenters. The van der Waals surface area contributed by atoms with Crippen LogP contribution in [0.1, 0.15) is 0 Å². The molecule has 20 heavy (non-hydrogen) atoms. The van der Waals surface area contributed by atoms with E-state index in [0.717, 1.165) is 9.90 Å². The Balaban J connectivity index is 2.26. The van der Waals surface area contributed by atoms with Crippen molar-refractivity contribution in [2.24, 2.45) is 0 Å². The third-order valence-electron chi connectivity index (χ3n) is 3.62. The van der Waals surface area contributed by atoms with Crippen molar-refractivity contribution in [3.8, 4) is 10.4 Å². The van der Waals surface area contributed by atoms with Crippen LogP contribution in [0.4, 0.5) is 0 Å². The van der Waals surface area contributed by atoms with Gasteiger partial charge in [0.25, 0.3) is 0 Å². The smallest absolute Gasteiger partial charge is 0.0592 e. The molecule has 0 N–H and O–H groups in total. The maximum absolute atomic E-state index is 6.39. The first-order chi connectivity index (χ1) is 9.84. The summed E-state index contributed by atoms with van der Waals surface area (Å²) in [6.45, 7) is 0. The van der Waals surface area contributed by atoms with Crippen LogP contribution in [-0.2, 0) is 0 Å². The van der Waals surface area contributed by atoms with Gasteiger partial charge in [-0.3, -0.25) is 0 Å². The van der Waals surface area contributed by atoms with E-state index in [9.17, 15) is 0 Å². The lowest BCUT2D eigenvalue weighted by Crippen LogP contribution is -1.83. The Morgan fingerprint density at radius 3 is 1.90 bits per heavy atom. The molecule has 0 fully saturated rings. The van der Waals surface area contributed by atoms with E-state index in [4.69, 9.17) is 11.6 Å². The number of fused-ring (bicyclic) bond motifs is 2. The Morgan fingerprint density at radius 1 is 0.750 bits per heavy atom. The molecule has 96 valence electrons. The summed E-state index contributed by atoms with van der Waals surface area (Å²) >= 11 is 8.09. The largest absolute Gasteiger partial charge is 0.142 e. The zero-order valence-corrected chi connectivity index (χ0v) is 12.2. The number of hydrogen-bond acceptors (Lipinski definition) is 1. The van der Waals surface area contributed by atoms with Gasteiger partial charge < -0.3 is 0 Å². The predicted molar refractivity (Wildman–Crippen MR) is 89.8 cm³/mol. The average molecular weight is 295 g/mol. The van der Waals surface area contributed by atoms with Gasteiger partial charge in [-0.2, -0.15) is 0 Å². The zero-order valence-electron chi connectivity index (χ0n) is 10.6. The Kier molecular flexibility index (Phi) is 2.76. The number of halogens is 1. The molecule has 0 saturated heterocycles. The third-order valence-corrected chi connectivity index (χ3v) is 4.97. The molecule has 0 radical (unpaired) electrons. The van der Waals surface area contributed by atoms with E-state index in [1.807, 2.05) is 11.4 Å². The number of rotatable bonds is 1. The molecular weight excluding hydrogens is 284 g/mol. The highest BCUT2D eigenvalue weighted by Crippen LogP contribution is 2.42. The molecule has 0 aliphatic heterocycles. The van der Waals surface area contributed by atoms with Crippen LogP contribution in [-0.4, -0.2) is 0 Å². The lowest BCUT2D eigenvalue weighted by atomic mass is 9.96. The fourth-order valence-electron chi connectivity index (χ4n) is 2.73. The summed E-state index contributed by atoms with van der Waals surface area (Å²) in [6.07, 6.45) is 0. The first-order valence-corrected chi connectivity index (χ1v) is 7.74. The van der Waals surface area contributed by atoms with Crippen LogP contribution in [0.15, 0.2) is 66.0 Å². The van der Waals surface area contributed by atoms with E-state index in [0.29, 0.717) is 0 Å². The molecule has 0 atom stereocenters. The van der Waals surface area contributed by atoms with E-state index in [1.54, 1.807) is 11.3 Å². The van der Waals surface area contributed by atoms with Gasteiger partial charge in [-0.05, 0) is 39.1 Å². The summed E-state index contributed by atoms with van der Waals surface area (Å²) < 4.78 is 0. The van der Waals surface area contributed by atoms with Crippen LogP contribution in [0.5, 0.6) is 0 Å². The summed E-state index contributed by atoms with van der Waals surface area (Å²) in [6, 6.07) is 21.2. The van der Waals surface area contributed by atoms with Gasteiger partial charge in [-0.15, -0.1) is 11.3 Å². The van der Waals surface area contributed by atoms with Gasteiger partial charge in [0.1, 0.15) is 0 Å². The van der Waals surface area contributed by atoms with Crippen molar-refractivity contribution in [2.45, 2.75) is 0 Å². The van der Waals surface area contributed by atoms with E-state index in [-0.39, 0.29) is 0 Å². The van der Waals surface area contributed by atoms with Crippen molar-refractivity contribution in [2.75, 3.05) is 0 Å². The molecule has 4 rings (SSSR count). The van der Waals surface area contributed by atoms with E-state index in [1.165, 1.54) is 27.1 Å². The zero-order chi connectivity index (χ0) is 13.5. The second-order valence-corrected chi connectivity index (χ2v) is 6.11. The minimum absolute atomic E-state index is 0.830. The summed E-state index contributed by atoms with van der Waals surface area (Å²) in [5.74, 6) is 0. The third kappa shape index (κ3) is 1.75. The highest BCUT2D eigenvalue weighted by atomic mass is 35.5. The van der Waals surface area contributed by atoms with Crippen LogP contribution < -0.4 is 0 Å². The topological polar surface area (TPSA) is 0 Å². The van der Waals surface area contributed by atoms with Crippen LogP contribution in [0.3, 0.4) is 0 Å². The fourth-order valence-corrected chi connectivity index (χ4v) is 3.95. The quantitative estimate of drug-likeness (QED) is 0.358. The monoisotopic (exact) mass is 294 g/mol. The first kappa shape index (κ1) is 12.0. The SMILES string of the molecule is Clc1ccsc1-c1c2ccccc2cc2ccccc12. The second-order valence-electron chi connectivity index (χ2n) is 4.79. The molecule has 4 aromatic rings. The minimum Gasteiger partial charge on any atom is -0.142 e. The summed E-state index contributed by atoms with van der Waals surface area (Å²) in [5.41, 5.74) is 1.25. The fraction of sp³-hybridized carbons (Fsp3) is 0. The van der Waals surface area contributed by atoms with Gasteiger partial charge in [0.05, 0.1) is 9.90 Å². The van der Waals surface area contributed by atoms with Crippen LogP contribution in [0.2, 0.25) is 5.02 Å². The Morgan fingerprint density at radius 2 is 1.35 bits per heavy atom. The average Bonchev–Trinajstić information content (AvgIpc) is 2.90. The standard InChI is InChI=1S/C18H11ClS/c19-16-9-10-20-18(16)17-14-7-3-1-5-12(14)11-13-6-2-4-8-15(13)17/h1-11H. The number of hydrogen-bond donors (Lipinski definition) is 0.